The number of piperidine rings is 1. The second-order valence-electron chi connectivity index (χ2n) is 10.7. The number of benzene rings is 3. The summed E-state index contributed by atoms with van der Waals surface area (Å²) in [6.45, 7) is 9.68. The number of anilines is 1. The van der Waals surface area contributed by atoms with Crippen LogP contribution in [0.2, 0.25) is 0 Å². The zero-order chi connectivity index (χ0) is 24.4. The smallest absolute Gasteiger partial charge is 0.255 e. The lowest BCUT2D eigenvalue weighted by Crippen LogP contribution is -2.26. The first-order valence-corrected chi connectivity index (χ1v) is 12.7. The maximum atomic E-state index is 12.8. The predicted molar refractivity (Wildman–Crippen MR) is 145 cm³/mol. The molecular formula is C31H35N3O. The van der Waals surface area contributed by atoms with Crippen LogP contribution < -0.4 is 10.6 Å². The molecule has 3 aromatic carbocycles. The third kappa shape index (κ3) is 5.18. The molecule has 2 heterocycles. The summed E-state index contributed by atoms with van der Waals surface area (Å²) in [6, 6.07) is 24.7. The van der Waals surface area contributed by atoms with E-state index >= 15 is 0 Å². The number of nitrogens with zero attached hydrogens (tertiary/aromatic N) is 1. The Bertz CT molecular complexity index is 1310. The zero-order valence-corrected chi connectivity index (χ0v) is 21.0. The summed E-state index contributed by atoms with van der Waals surface area (Å²) in [5, 5.41) is 7.87. The minimum atomic E-state index is -0.0839. The molecule has 1 amide bonds. The van der Waals surface area contributed by atoms with E-state index in [4.69, 9.17) is 0 Å². The number of hydrogen-bond donors (Lipinski definition) is 2. The molecule has 1 aliphatic heterocycles. The van der Waals surface area contributed by atoms with E-state index in [1.807, 2.05) is 36.4 Å². The highest BCUT2D eigenvalue weighted by Crippen LogP contribution is 2.35. The molecule has 4 nitrogen and oxygen atoms in total. The van der Waals surface area contributed by atoms with Crippen molar-refractivity contribution in [3.05, 3.63) is 101 Å². The van der Waals surface area contributed by atoms with E-state index in [0.717, 1.165) is 38.2 Å². The molecule has 4 aromatic rings. The number of hydrogen-bond acceptors (Lipinski definition) is 2. The van der Waals surface area contributed by atoms with Crippen LogP contribution in [0.25, 0.3) is 10.9 Å². The van der Waals surface area contributed by atoms with Crippen LogP contribution in [0.4, 0.5) is 5.69 Å². The molecule has 0 saturated carbocycles. The van der Waals surface area contributed by atoms with Crippen molar-refractivity contribution < 1.29 is 4.79 Å². The fourth-order valence-electron chi connectivity index (χ4n) is 5.09. The van der Waals surface area contributed by atoms with E-state index in [0.29, 0.717) is 11.5 Å². The molecule has 2 N–H and O–H groups in total. The van der Waals surface area contributed by atoms with Gasteiger partial charge in [-0.3, -0.25) is 4.79 Å². The minimum absolute atomic E-state index is 0.0839. The number of rotatable bonds is 5. The summed E-state index contributed by atoms with van der Waals surface area (Å²) in [7, 11) is 0. The molecule has 0 bridgehead atoms. The predicted octanol–water partition coefficient (Wildman–Crippen LogP) is 6.71. The number of carbonyl (C=O) groups excluding carboxylic acids is 1. The molecule has 0 spiro atoms. The van der Waals surface area contributed by atoms with Gasteiger partial charge in [-0.15, -0.1) is 0 Å². The van der Waals surface area contributed by atoms with Crippen LogP contribution >= 0.6 is 0 Å². The summed E-state index contributed by atoms with van der Waals surface area (Å²) in [5.41, 5.74) is 6.86. The monoisotopic (exact) mass is 465 g/mol. The maximum Gasteiger partial charge on any atom is 0.255 e. The van der Waals surface area contributed by atoms with Crippen LogP contribution in [0, 0.1) is 0 Å². The topological polar surface area (TPSA) is 46.1 Å². The number of carbonyl (C=O) groups is 1. The van der Waals surface area contributed by atoms with Crippen molar-refractivity contribution in [3.8, 4) is 0 Å². The van der Waals surface area contributed by atoms with E-state index in [2.05, 4.69) is 78.6 Å². The van der Waals surface area contributed by atoms with Gasteiger partial charge in [0.15, 0.2) is 0 Å². The summed E-state index contributed by atoms with van der Waals surface area (Å²) in [4.78, 5) is 12.8. The number of fused-ring (bicyclic) bond motifs is 1. The van der Waals surface area contributed by atoms with Crippen molar-refractivity contribution in [1.82, 2.24) is 9.88 Å². The normalized spacial score (nSPS) is 14.8. The maximum absolute atomic E-state index is 12.8. The fourth-order valence-corrected chi connectivity index (χ4v) is 5.09. The van der Waals surface area contributed by atoms with Gasteiger partial charge in [0.05, 0.1) is 5.52 Å². The number of amides is 1. The highest BCUT2D eigenvalue weighted by Gasteiger charge is 2.21. The highest BCUT2D eigenvalue weighted by molar-refractivity contribution is 6.05. The van der Waals surface area contributed by atoms with Crippen molar-refractivity contribution in [2.75, 3.05) is 18.4 Å². The van der Waals surface area contributed by atoms with Gasteiger partial charge in [-0.25, -0.2) is 0 Å². The molecule has 1 saturated heterocycles. The lowest BCUT2D eigenvalue weighted by molar-refractivity contribution is 0.102. The Morgan fingerprint density at radius 2 is 1.69 bits per heavy atom. The Kier molecular flexibility index (Phi) is 6.48. The van der Waals surface area contributed by atoms with Gasteiger partial charge >= 0.3 is 0 Å². The zero-order valence-electron chi connectivity index (χ0n) is 21.0. The third-order valence-electron chi connectivity index (χ3n) is 7.16. The van der Waals surface area contributed by atoms with Gasteiger partial charge in [-0.2, -0.15) is 0 Å². The van der Waals surface area contributed by atoms with Crippen LogP contribution in [0.3, 0.4) is 0 Å². The first-order chi connectivity index (χ1) is 16.9. The van der Waals surface area contributed by atoms with Gasteiger partial charge in [0.25, 0.3) is 5.91 Å². The Morgan fingerprint density at radius 1 is 0.971 bits per heavy atom. The minimum Gasteiger partial charge on any atom is -0.343 e. The van der Waals surface area contributed by atoms with Crippen molar-refractivity contribution in [2.45, 2.75) is 51.5 Å². The molecule has 1 fully saturated rings. The van der Waals surface area contributed by atoms with Crippen molar-refractivity contribution in [1.29, 1.82) is 0 Å². The van der Waals surface area contributed by atoms with E-state index in [1.54, 1.807) is 0 Å². The van der Waals surface area contributed by atoms with Gasteiger partial charge in [0.2, 0.25) is 0 Å². The Balaban J connectivity index is 1.49. The van der Waals surface area contributed by atoms with E-state index in [1.165, 1.54) is 27.6 Å². The SMILES string of the molecule is CC(C)(C)c1ccc(Cn2cc(C3CCNCC3)c3ccc(NC(=O)c4ccccc4)cc32)cc1. The molecule has 0 radical (unpaired) electrons. The quantitative estimate of drug-likeness (QED) is 0.344. The summed E-state index contributed by atoms with van der Waals surface area (Å²) in [6.07, 6.45) is 4.67. The average Bonchev–Trinajstić information content (AvgIpc) is 3.22. The number of nitrogens with one attached hydrogen (secondary N) is 2. The second-order valence-corrected chi connectivity index (χ2v) is 10.7. The summed E-state index contributed by atoms with van der Waals surface area (Å²) >= 11 is 0. The summed E-state index contributed by atoms with van der Waals surface area (Å²) in [5.74, 6) is 0.479. The first kappa shape index (κ1) is 23.4. The van der Waals surface area contributed by atoms with Gasteiger partial charge < -0.3 is 15.2 Å². The molecule has 35 heavy (non-hydrogen) atoms. The molecule has 1 aliphatic rings. The molecule has 4 heteroatoms. The van der Waals surface area contributed by atoms with Crippen molar-refractivity contribution in [3.63, 3.8) is 0 Å². The third-order valence-corrected chi connectivity index (χ3v) is 7.16. The lowest BCUT2D eigenvalue weighted by Gasteiger charge is -2.22. The molecule has 5 rings (SSSR count). The lowest BCUT2D eigenvalue weighted by atomic mass is 9.87. The standard InChI is InChI=1S/C31H35N3O/c1-31(2,3)25-11-9-22(10-12-25)20-34-21-28(23-15-17-32-18-16-23)27-14-13-26(19-29(27)34)33-30(35)24-7-5-4-6-8-24/h4-14,19,21,23,32H,15-18,20H2,1-3H3,(H,33,35). The number of aromatic nitrogens is 1. The highest BCUT2D eigenvalue weighted by atomic mass is 16.1. The Hall–Kier alpha value is -3.37. The molecule has 0 unspecified atom stereocenters. The van der Waals surface area contributed by atoms with Crippen LogP contribution in [0.15, 0.2) is 79.0 Å². The van der Waals surface area contributed by atoms with Gasteiger partial charge in [-0.1, -0.05) is 69.3 Å². The molecule has 0 aliphatic carbocycles. The van der Waals surface area contributed by atoms with E-state index in [9.17, 15) is 4.79 Å². The van der Waals surface area contributed by atoms with Gasteiger partial charge in [0, 0.05) is 29.4 Å². The molecule has 1 aromatic heterocycles. The Labute approximate surface area is 208 Å². The molecule has 180 valence electrons. The van der Waals surface area contributed by atoms with Crippen LogP contribution in [0.5, 0.6) is 0 Å². The van der Waals surface area contributed by atoms with Crippen molar-refractivity contribution in [2.24, 2.45) is 0 Å². The largest absolute Gasteiger partial charge is 0.343 e. The fraction of sp³-hybridized carbons (Fsp3) is 0.323. The Morgan fingerprint density at radius 3 is 2.37 bits per heavy atom. The van der Waals surface area contributed by atoms with Gasteiger partial charge in [-0.05, 0) is 78.2 Å². The molecule has 0 atom stereocenters. The van der Waals surface area contributed by atoms with Crippen molar-refractivity contribution >= 4 is 22.5 Å². The van der Waals surface area contributed by atoms with Crippen LogP contribution in [-0.2, 0) is 12.0 Å². The summed E-state index contributed by atoms with van der Waals surface area (Å²) < 4.78 is 2.36. The second kappa shape index (κ2) is 9.71. The van der Waals surface area contributed by atoms with E-state index < -0.39 is 0 Å². The van der Waals surface area contributed by atoms with Crippen LogP contribution in [0.1, 0.15) is 66.6 Å². The van der Waals surface area contributed by atoms with Crippen LogP contribution in [-0.4, -0.2) is 23.6 Å². The van der Waals surface area contributed by atoms with E-state index in [-0.39, 0.29) is 11.3 Å². The molecular weight excluding hydrogens is 430 g/mol. The first-order valence-electron chi connectivity index (χ1n) is 12.7. The van der Waals surface area contributed by atoms with Gasteiger partial charge in [0.1, 0.15) is 0 Å². The average molecular weight is 466 g/mol.